The van der Waals surface area contributed by atoms with Crippen LogP contribution in [0.2, 0.25) is 0 Å². The molecule has 0 aliphatic heterocycles. The summed E-state index contributed by atoms with van der Waals surface area (Å²) in [5, 5.41) is 12.1. The largest absolute Gasteiger partial charge is 0.493 e. The van der Waals surface area contributed by atoms with Gasteiger partial charge in [-0.2, -0.15) is 0 Å². The molecule has 0 saturated carbocycles. The maximum absolute atomic E-state index is 12.3. The zero-order valence-electron chi connectivity index (χ0n) is 19.7. The van der Waals surface area contributed by atoms with Crippen molar-refractivity contribution in [2.24, 2.45) is 14.1 Å². The molecule has 2 heterocycles. The molecule has 0 spiro atoms. The van der Waals surface area contributed by atoms with Crippen LogP contribution >= 0.6 is 0 Å². The number of nitrogens with zero attached hydrogens (tertiary/aromatic N) is 2. The molecular formula is C29H28N2O3. The number of carboxylic acids is 1. The number of benzene rings is 3. The van der Waals surface area contributed by atoms with Crippen LogP contribution in [0.1, 0.15) is 28.0 Å². The van der Waals surface area contributed by atoms with Crippen LogP contribution in [0.25, 0.3) is 32.9 Å². The first kappa shape index (κ1) is 21.8. The van der Waals surface area contributed by atoms with Crippen molar-refractivity contribution in [3.63, 3.8) is 0 Å². The van der Waals surface area contributed by atoms with E-state index in [-0.39, 0.29) is 0 Å². The van der Waals surface area contributed by atoms with Gasteiger partial charge in [0.15, 0.2) is 0 Å². The fourth-order valence-electron chi connectivity index (χ4n) is 5.04. The number of aryl methyl sites for hydroxylation is 4. The summed E-state index contributed by atoms with van der Waals surface area (Å²) in [6, 6.07) is 22.5. The SMILES string of the molecule is Cc1ccccc1-c1cccc2c(CCCOc3cccc4c3ccn4C)c(C(=O)O)n(C)c12. The molecule has 0 fully saturated rings. The van der Waals surface area contributed by atoms with Crippen LogP contribution < -0.4 is 4.74 Å². The van der Waals surface area contributed by atoms with Crippen molar-refractivity contribution in [3.8, 4) is 16.9 Å². The van der Waals surface area contributed by atoms with Gasteiger partial charge < -0.3 is 19.0 Å². The highest BCUT2D eigenvalue weighted by Gasteiger charge is 2.22. The van der Waals surface area contributed by atoms with Crippen molar-refractivity contribution < 1.29 is 14.6 Å². The summed E-state index contributed by atoms with van der Waals surface area (Å²) in [6.45, 7) is 2.60. The van der Waals surface area contributed by atoms with Gasteiger partial charge in [-0.15, -0.1) is 0 Å². The Kier molecular flexibility index (Phi) is 5.62. The van der Waals surface area contributed by atoms with Crippen LogP contribution in [0.15, 0.2) is 72.9 Å². The number of aromatic carboxylic acids is 1. The molecule has 2 aromatic heterocycles. The molecule has 1 N–H and O–H groups in total. The predicted molar refractivity (Wildman–Crippen MR) is 137 cm³/mol. The van der Waals surface area contributed by atoms with Crippen molar-refractivity contribution in [2.45, 2.75) is 19.8 Å². The van der Waals surface area contributed by atoms with E-state index in [9.17, 15) is 9.90 Å². The average molecular weight is 453 g/mol. The first-order chi connectivity index (χ1) is 16.5. The molecule has 5 aromatic rings. The second-order valence-electron chi connectivity index (χ2n) is 8.78. The van der Waals surface area contributed by atoms with E-state index in [2.05, 4.69) is 41.8 Å². The minimum absolute atomic E-state index is 0.348. The smallest absolute Gasteiger partial charge is 0.352 e. The molecule has 0 aliphatic rings. The van der Waals surface area contributed by atoms with Gasteiger partial charge in [-0.3, -0.25) is 0 Å². The van der Waals surface area contributed by atoms with Crippen LogP contribution in [0.5, 0.6) is 5.75 Å². The zero-order valence-corrected chi connectivity index (χ0v) is 19.7. The van der Waals surface area contributed by atoms with E-state index >= 15 is 0 Å². The second-order valence-corrected chi connectivity index (χ2v) is 8.78. The molecule has 34 heavy (non-hydrogen) atoms. The molecule has 0 aliphatic carbocycles. The summed E-state index contributed by atoms with van der Waals surface area (Å²) in [6.07, 6.45) is 3.37. The van der Waals surface area contributed by atoms with E-state index in [1.807, 2.05) is 61.3 Å². The Morgan fingerprint density at radius 2 is 1.68 bits per heavy atom. The number of aromatic nitrogens is 2. The van der Waals surface area contributed by atoms with E-state index in [0.717, 1.165) is 56.2 Å². The van der Waals surface area contributed by atoms with Gasteiger partial charge in [0.25, 0.3) is 0 Å². The fraction of sp³-hybridized carbons (Fsp3) is 0.207. The Bertz CT molecular complexity index is 1520. The minimum Gasteiger partial charge on any atom is -0.493 e. The van der Waals surface area contributed by atoms with Crippen molar-refractivity contribution >= 4 is 27.8 Å². The van der Waals surface area contributed by atoms with E-state index in [1.165, 1.54) is 0 Å². The quantitative estimate of drug-likeness (QED) is 0.293. The number of carboxylic acid groups (broad SMARTS) is 1. The lowest BCUT2D eigenvalue weighted by Crippen LogP contribution is -2.08. The summed E-state index contributed by atoms with van der Waals surface area (Å²) in [4.78, 5) is 12.3. The minimum atomic E-state index is -0.903. The van der Waals surface area contributed by atoms with Crippen LogP contribution in [-0.2, 0) is 20.5 Å². The predicted octanol–water partition coefficient (Wildman–Crippen LogP) is 6.36. The maximum Gasteiger partial charge on any atom is 0.352 e. The fourth-order valence-corrected chi connectivity index (χ4v) is 5.04. The molecule has 3 aromatic carbocycles. The molecule has 0 bridgehead atoms. The van der Waals surface area contributed by atoms with Gasteiger partial charge in [-0.25, -0.2) is 4.79 Å². The third-order valence-corrected chi connectivity index (χ3v) is 6.67. The standard InChI is InChI=1S/C29H28N2O3/c1-19-9-4-5-10-20(19)21-11-6-12-22-23(28(29(32)33)31(3)27(21)22)13-8-18-34-26-15-7-14-25-24(26)16-17-30(25)2/h4-7,9-12,14-17H,8,13,18H2,1-3H3,(H,32,33). The zero-order chi connectivity index (χ0) is 23.8. The Labute approximate surface area is 198 Å². The lowest BCUT2D eigenvalue weighted by molar-refractivity contribution is 0.0685. The van der Waals surface area contributed by atoms with Gasteiger partial charge in [0.1, 0.15) is 11.4 Å². The van der Waals surface area contributed by atoms with E-state index in [4.69, 9.17) is 4.74 Å². The van der Waals surface area contributed by atoms with E-state index in [0.29, 0.717) is 18.7 Å². The van der Waals surface area contributed by atoms with E-state index in [1.54, 1.807) is 0 Å². The molecule has 0 radical (unpaired) electrons. The topological polar surface area (TPSA) is 56.4 Å². The number of fused-ring (bicyclic) bond motifs is 2. The van der Waals surface area contributed by atoms with Crippen LogP contribution in [0, 0.1) is 6.92 Å². The lowest BCUT2D eigenvalue weighted by Gasteiger charge is -2.10. The molecule has 5 heteroatoms. The highest BCUT2D eigenvalue weighted by Crippen LogP contribution is 2.36. The van der Waals surface area contributed by atoms with Crippen molar-refractivity contribution in [1.29, 1.82) is 0 Å². The number of rotatable bonds is 7. The van der Waals surface area contributed by atoms with Gasteiger partial charge in [0.2, 0.25) is 0 Å². The number of carbonyl (C=O) groups is 1. The van der Waals surface area contributed by atoms with Crippen molar-refractivity contribution in [1.82, 2.24) is 9.13 Å². The Morgan fingerprint density at radius 3 is 2.47 bits per heavy atom. The number of para-hydroxylation sites is 1. The monoisotopic (exact) mass is 452 g/mol. The van der Waals surface area contributed by atoms with E-state index < -0.39 is 5.97 Å². The summed E-state index contributed by atoms with van der Waals surface area (Å²) < 4.78 is 10.0. The van der Waals surface area contributed by atoms with Gasteiger partial charge in [-0.1, -0.05) is 48.5 Å². The molecule has 172 valence electrons. The van der Waals surface area contributed by atoms with Crippen molar-refractivity contribution in [3.05, 3.63) is 89.7 Å². The molecule has 5 rings (SSSR count). The van der Waals surface area contributed by atoms with Gasteiger partial charge >= 0.3 is 5.97 Å². The van der Waals surface area contributed by atoms with Crippen LogP contribution in [0.3, 0.4) is 0 Å². The summed E-state index contributed by atoms with van der Waals surface area (Å²) in [7, 11) is 3.87. The van der Waals surface area contributed by atoms with Gasteiger partial charge in [-0.05, 0) is 54.7 Å². The second kappa shape index (κ2) is 8.75. The molecule has 5 nitrogen and oxygen atoms in total. The van der Waals surface area contributed by atoms with Gasteiger partial charge in [0, 0.05) is 36.6 Å². The first-order valence-electron chi connectivity index (χ1n) is 11.5. The molecular weight excluding hydrogens is 424 g/mol. The average Bonchev–Trinajstić information content (AvgIpc) is 3.35. The summed E-state index contributed by atoms with van der Waals surface area (Å²) >= 11 is 0. The maximum atomic E-state index is 12.3. The molecule has 0 saturated heterocycles. The number of ether oxygens (including phenoxy) is 1. The number of hydrogen-bond donors (Lipinski definition) is 1. The third-order valence-electron chi connectivity index (χ3n) is 6.67. The Balaban J connectivity index is 1.46. The number of hydrogen-bond acceptors (Lipinski definition) is 2. The molecule has 0 unspecified atom stereocenters. The summed E-state index contributed by atoms with van der Waals surface area (Å²) in [5.41, 5.74) is 6.64. The van der Waals surface area contributed by atoms with Crippen LogP contribution in [-0.4, -0.2) is 26.8 Å². The normalized spacial score (nSPS) is 11.4. The van der Waals surface area contributed by atoms with Crippen molar-refractivity contribution in [2.75, 3.05) is 6.61 Å². The molecule has 0 amide bonds. The van der Waals surface area contributed by atoms with Gasteiger partial charge in [0.05, 0.1) is 17.6 Å². The Morgan fingerprint density at radius 1 is 0.912 bits per heavy atom. The summed E-state index contributed by atoms with van der Waals surface area (Å²) in [5.74, 6) is -0.0456. The third kappa shape index (κ3) is 3.63. The Hall–Kier alpha value is -3.99. The highest BCUT2D eigenvalue weighted by molar-refractivity contribution is 6.04. The van der Waals surface area contributed by atoms with Crippen LogP contribution in [0.4, 0.5) is 0 Å². The first-order valence-corrected chi connectivity index (χ1v) is 11.5. The lowest BCUT2D eigenvalue weighted by atomic mass is 9.97. The highest BCUT2D eigenvalue weighted by atomic mass is 16.5. The molecule has 0 atom stereocenters.